The van der Waals surface area contributed by atoms with Crippen LogP contribution >= 0.6 is 0 Å². The van der Waals surface area contributed by atoms with Gasteiger partial charge in [0.15, 0.2) is 5.78 Å². The summed E-state index contributed by atoms with van der Waals surface area (Å²) in [4.78, 5) is 11.8. The van der Waals surface area contributed by atoms with Gasteiger partial charge in [0.05, 0.1) is 12.2 Å². The Labute approximate surface area is 125 Å². The van der Waals surface area contributed by atoms with Gasteiger partial charge in [-0.1, -0.05) is 30.3 Å². The third kappa shape index (κ3) is 6.35. The van der Waals surface area contributed by atoms with E-state index in [1.807, 2.05) is 18.2 Å². The highest BCUT2D eigenvalue weighted by atomic mass is 16.5. The number of carbonyl (C=O) groups is 1. The van der Waals surface area contributed by atoms with E-state index < -0.39 is 0 Å². The largest absolute Gasteiger partial charge is 0.396 e. The molecule has 5 nitrogen and oxygen atoms in total. The summed E-state index contributed by atoms with van der Waals surface area (Å²) in [6.07, 6.45) is 0.789. The minimum atomic E-state index is -0.173. The molecule has 1 N–H and O–H groups in total. The van der Waals surface area contributed by atoms with Crippen molar-refractivity contribution in [3.8, 4) is 0 Å². The maximum absolute atomic E-state index is 11.8. The zero-order valence-corrected chi connectivity index (χ0v) is 12.7. The molecule has 0 saturated carbocycles. The van der Waals surface area contributed by atoms with Crippen molar-refractivity contribution in [2.75, 3.05) is 34.0 Å². The fraction of sp³-hybridized carbons (Fsp3) is 0.562. The van der Waals surface area contributed by atoms with Crippen LogP contribution in [0.5, 0.6) is 0 Å². The lowest BCUT2D eigenvalue weighted by molar-refractivity contribution is -0.0578. The Morgan fingerprint density at radius 3 is 2.29 bits per heavy atom. The van der Waals surface area contributed by atoms with Crippen LogP contribution in [-0.2, 0) is 14.2 Å². The monoisotopic (exact) mass is 296 g/mol. The van der Waals surface area contributed by atoms with Crippen LogP contribution in [0.3, 0.4) is 0 Å². The number of aliphatic hydroxyl groups is 1. The van der Waals surface area contributed by atoms with Gasteiger partial charge in [0.2, 0.25) is 0 Å². The fourth-order valence-electron chi connectivity index (χ4n) is 2.11. The first kappa shape index (κ1) is 17.8. The number of ketones is 1. The molecule has 0 bridgehead atoms. The van der Waals surface area contributed by atoms with Crippen molar-refractivity contribution in [2.24, 2.45) is 0 Å². The van der Waals surface area contributed by atoms with Crippen molar-refractivity contribution in [1.82, 2.24) is 0 Å². The molecule has 5 heteroatoms. The Bertz CT molecular complexity index is 393. The van der Waals surface area contributed by atoms with Crippen LogP contribution in [-0.4, -0.2) is 57.1 Å². The second-order valence-electron chi connectivity index (χ2n) is 4.69. The van der Waals surface area contributed by atoms with Crippen LogP contribution < -0.4 is 0 Å². The number of aliphatic hydroxyl groups excluding tert-OH is 1. The number of ether oxygens (including phenoxy) is 3. The Balaban J connectivity index is 2.30. The summed E-state index contributed by atoms with van der Waals surface area (Å²) < 4.78 is 16.0. The summed E-state index contributed by atoms with van der Waals surface area (Å²) in [5.41, 5.74) is 0.649. The van der Waals surface area contributed by atoms with E-state index in [-0.39, 0.29) is 31.2 Å². The van der Waals surface area contributed by atoms with Crippen LogP contribution in [0.1, 0.15) is 23.2 Å². The average Bonchev–Trinajstić information content (AvgIpc) is 2.54. The number of carbonyl (C=O) groups excluding carboxylic acids is 1. The first-order valence-corrected chi connectivity index (χ1v) is 7.05. The molecule has 0 fully saturated rings. The highest BCUT2D eigenvalue weighted by molar-refractivity contribution is 5.96. The molecule has 0 saturated heterocycles. The lowest BCUT2D eigenvalue weighted by atomic mass is 10.1. The Hall–Kier alpha value is -1.27. The topological polar surface area (TPSA) is 65.0 Å². The van der Waals surface area contributed by atoms with E-state index in [1.165, 1.54) is 0 Å². The van der Waals surface area contributed by atoms with Gasteiger partial charge in [-0.15, -0.1) is 0 Å². The fourth-order valence-corrected chi connectivity index (χ4v) is 2.11. The molecule has 0 spiro atoms. The zero-order valence-electron chi connectivity index (χ0n) is 12.7. The molecule has 0 aliphatic rings. The summed E-state index contributed by atoms with van der Waals surface area (Å²) in [5, 5.41) is 8.97. The minimum Gasteiger partial charge on any atom is -0.396 e. The number of hydrogen-bond donors (Lipinski definition) is 1. The molecule has 0 radical (unpaired) electrons. The third-order valence-corrected chi connectivity index (χ3v) is 3.31. The predicted octanol–water partition coefficient (Wildman–Crippen LogP) is 1.69. The Morgan fingerprint density at radius 2 is 1.71 bits per heavy atom. The lowest BCUT2D eigenvalue weighted by Crippen LogP contribution is -2.32. The molecule has 0 aliphatic heterocycles. The van der Waals surface area contributed by atoms with Crippen LogP contribution in [0.15, 0.2) is 30.3 Å². The normalized spacial score (nSPS) is 13.9. The van der Waals surface area contributed by atoms with Crippen molar-refractivity contribution >= 4 is 5.78 Å². The van der Waals surface area contributed by atoms with Gasteiger partial charge in [-0.05, 0) is 12.8 Å². The smallest absolute Gasteiger partial charge is 0.188 e. The van der Waals surface area contributed by atoms with E-state index in [1.54, 1.807) is 26.4 Å². The SMILES string of the molecule is COC(CCO)C(CCOCC(=O)c1ccccc1)OC. The summed E-state index contributed by atoms with van der Waals surface area (Å²) in [6, 6.07) is 9.06. The quantitative estimate of drug-likeness (QED) is 0.497. The highest BCUT2D eigenvalue weighted by Crippen LogP contribution is 2.11. The van der Waals surface area contributed by atoms with Gasteiger partial charge in [-0.25, -0.2) is 0 Å². The van der Waals surface area contributed by atoms with Crippen LogP contribution in [0.25, 0.3) is 0 Å². The number of methoxy groups -OCH3 is 2. The molecular formula is C16H24O5. The Morgan fingerprint density at radius 1 is 1.10 bits per heavy atom. The molecule has 1 aromatic carbocycles. The second kappa shape index (κ2) is 10.5. The van der Waals surface area contributed by atoms with Gasteiger partial charge < -0.3 is 19.3 Å². The molecule has 0 amide bonds. The third-order valence-electron chi connectivity index (χ3n) is 3.31. The van der Waals surface area contributed by atoms with Gasteiger partial charge in [-0.2, -0.15) is 0 Å². The van der Waals surface area contributed by atoms with Crippen molar-refractivity contribution in [1.29, 1.82) is 0 Å². The number of rotatable bonds is 11. The molecule has 2 atom stereocenters. The summed E-state index contributed by atoms with van der Waals surface area (Å²) in [5.74, 6) is -0.0387. The van der Waals surface area contributed by atoms with E-state index in [2.05, 4.69) is 0 Å². The van der Waals surface area contributed by atoms with Crippen molar-refractivity contribution < 1.29 is 24.1 Å². The molecule has 1 rings (SSSR count). The van der Waals surface area contributed by atoms with Crippen LogP contribution in [0.2, 0.25) is 0 Å². The number of benzene rings is 1. The van der Waals surface area contributed by atoms with E-state index in [0.29, 0.717) is 25.0 Å². The zero-order chi connectivity index (χ0) is 15.5. The molecule has 1 aromatic rings. The number of Topliss-reactive ketones (excluding diaryl/α,β-unsaturated/α-hetero) is 1. The molecule has 2 unspecified atom stereocenters. The predicted molar refractivity (Wildman–Crippen MR) is 79.5 cm³/mol. The van der Waals surface area contributed by atoms with E-state index in [9.17, 15) is 4.79 Å². The number of hydrogen-bond acceptors (Lipinski definition) is 5. The van der Waals surface area contributed by atoms with E-state index in [0.717, 1.165) is 0 Å². The van der Waals surface area contributed by atoms with Gasteiger partial charge >= 0.3 is 0 Å². The van der Waals surface area contributed by atoms with Crippen molar-refractivity contribution in [3.05, 3.63) is 35.9 Å². The van der Waals surface area contributed by atoms with Gasteiger partial charge in [0.1, 0.15) is 6.61 Å². The van der Waals surface area contributed by atoms with Crippen molar-refractivity contribution in [3.63, 3.8) is 0 Å². The minimum absolute atomic E-state index is 0.0387. The standard InChI is InChI=1S/C16H24O5/c1-19-15(8-10-17)16(20-2)9-11-21-12-14(18)13-6-4-3-5-7-13/h3-7,15-17H,8-12H2,1-2H3. The van der Waals surface area contributed by atoms with Gasteiger partial charge in [-0.3, -0.25) is 4.79 Å². The van der Waals surface area contributed by atoms with Crippen molar-refractivity contribution in [2.45, 2.75) is 25.0 Å². The second-order valence-corrected chi connectivity index (χ2v) is 4.69. The Kier molecular flexibility index (Phi) is 8.85. The average molecular weight is 296 g/mol. The molecular weight excluding hydrogens is 272 g/mol. The first-order chi connectivity index (χ1) is 10.2. The highest BCUT2D eigenvalue weighted by Gasteiger charge is 2.20. The van der Waals surface area contributed by atoms with Gasteiger partial charge in [0.25, 0.3) is 0 Å². The van der Waals surface area contributed by atoms with Crippen LogP contribution in [0, 0.1) is 0 Å². The molecule has 21 heavy (non-hydrogen) atoms. The molecule has 0 heterocycles. The van der Waals surface area contributed by atoms with Crippen LogP contribution in [0.4, 0.5) is 0 Å². The molecule has 0 aliphatic carbocycles. The summed E-state index contributed by atoms with van der Waals surface area (Å²) >= 11 is 0. The van der Waals surface area contributed by atoms with E-state index in [4.69, 9.17) is 19.3 Å². The first-order valence-electron chi connectivity index (χ1n) is 7.05. The summed E-state index contributed by atoms with van der Waals surface area (Å²) in [7, 11) is 3.19. The maximum Gasteiger partial charge on any atom is 0.188 e. The van der Waals surface area contributed by atoms with Gasteiger partial charge in [0, 0.05) is 33.0 Å². The molecule has 118 valence electrons. The molecule has 0 aromatic heterocycles. The summed E-state index contributed by atoms with van der Waals surface area (Å²) in [6.45, 7) is 0.506. The lowest BCUT2D eigenvalue weighted by Gasteiger charge is -2.24. The van der Waals surface area contributed by atoms with E-state index >= 15 is 0 Å². The maximum atomic E-state index is 11.8.